The Morgan fingerprint density at radius 3 is 2.10 bits per heavy atom. The minimum Gasteiger partial charge on any atom is -0.509 e. The second-order valence-corrected chi connectivity index (χ2v) is 4.66. The average molecular weight is 284 g/mol. The monoisotopic (exact) mass is 284 g/mol. The van der Waals surface area contributed by atoms with Crippen molar-refractivity contribution in [3.8, 4) is 0 Å². The molecule has 20 heavy (non-hydrogen) atoms. The SMILES string of the molecule is Cc1ccc(C=C(O)C(O)C(O)C(O)C(O)CO)cc1. The van der Waals surface area contributed by atoms with Crippen LogP contribution in [0.5, 0.6) is 0 Å². The Hall–Kier alpha value is -1.44. The molecule has 0 aliphatic carbocycles. The number of aliphatic hydroxyl groups is 6. The second kappa shape index (κ2) is 7.37. The molecular formula is C14H20O6. The number of rotatable bonds is 6. The lowest BCUT2D eigenvalue weighted by atomic mass is 10.0. The van der Waals surface area contributed by atoms with Gasteiger partial charge in [0.1, 0.15) is 30.2 Å². The van der Waals surface area contributed by atoms with Gasteiger partial charge in [-0.2, -0.15) is 0 Å². The van der Waals surface area contributed by atoms with Crippen LogP contribution in [0, 0.1) is 6.92 Å². The van der Waals surface area contributed by atoms with Gasteiger partial charge in [-0.25, -0.2) is 0 Å². The van der Waals surface area contributed by atoms with Crippen LogP contribution in [-0.2, 0) is 0 Å². The summed E-state index contributed by atoms with van der Waals surface area (Å²) in [4.78, 5) is 0. The van der Waals surface area contributed by atoms with E-state index in [-0.39, 0.29) is 0 Å². The molecule has 0 bridgehead atoms. The fourth-order valence-corrected chi connectivity index (χ4v) is 1.62. The summed E-state index contributed by atoms with van der Waals surface area (Å²) in [6, 6.07) is 7.05. The molecule has 0 saturated heterocycles. The minimum absolute atomic E-state index is 0.550. The summed E-state index contributed by atoms with van der Waals surface area (Å²) in [6.45, 7) is 1.13. The second-order valence-electron chi connectivity index (χ2n) is 4.66. The van der Waals surface area contributed by atoms with Gasteiger partial charge in [0, 0.05) is 0 Å². The zero-order valence-electron chi connectivity index (χ0n) is 11.1. The van der Waals surface area contributed by atoms with Crippen molar-refractivity contribution < 1.29 is 30.6 Å². The van der Waals surface area contributed by atoms with Gasteiger partial charge in [0.05, 0.1) is 6.61 Å². The molecular weight excluding hydrogens is 264 g/mol. The molecule has 0 fully saturated rings. The lowest BCUT2D eigenvalue weighted by Gasteiger charge is -2.25. The highest BCUT2D eigenvalue weighted by atomic mass is 16.4. The van der Waals surface area contributed by atoms with Crippen LogP contribution in [-0.4, -0.2) is 61.7 Å². The molecule has 0 aromatic heterocycles. The first-order valence-corrected chi connectivity index (χ1v) is 6.17. The summed E-state index contributed by atoms with van der Waals surface area (Å²) in [5, 5.41) is 56.3. The number of aliphatic hydroxyl groups excluding tert-OH is 6. The molecule has 1 aromatic rings. The largest absolute Gasteiger partial charge is 0.509 e. The Morgan fingerprint density at radius 2 is 1.60 bits per heavy atom. The van der Waals surface area contributed by atoms with Crippen molar-refractivity contribution in [2.45, 2.75) is 31.3 Å². The van der Waals surface area contributed by atoms with Crippen LogP contribution in [0.3, 0.4) is 0 Å². The molecule has 0 amide bonds. The van der Waals surface area contributed by atoms with Crippen molar-refractivity contribution in [2.75, 3.05) is 6.61 Å². The molecule has 4 atom stereocenters. The summed E-state index contributed by atoms with van der Waals surface area (Å²) in [5.74, 6) is -0.550. The first kappa shape index (κ1) is 16.6. The molecule has 6 heteroatoms. The highest BCUT2D eigenvalue weighted by molar-refractivity contribution is 5.52. The predicted molar refractivity (Wildman–Crippen MR) is 72.9 cm³/mol. The van der Waals surface area contributed by atoms with Gasteiger partial charge in [-0.1, -0.05) is 29.8 Å². The third-order valence-corrected chi connectivity index (χ3v) is 2.95. The topological polar surface area (TPSA) is 121 Å². The highest BCUT2D eigenvalue weighted by Gasteiger charge is 2.32. The fraction of sp³-hybridized carbons (Fsp3) is 0.429. The zero-order valence-corrected chi connectivity index (χ0v) is 11.1. The summed E-state index contributed by atoms with van der Waals surface area (Å²) < 4.78 is 0. The smallest absolute Gasteiger partial charge is 0.139 e. The first-order chi connectivity index (χ1) is 9.36. The van der Waals surface area contributed by atoms with E-state index in [0.29, 0.717) is 5.56 Å². The molecule has 6 N–H and O–H groups in total. The molecule has 4 unspecified atom stereocenters. The number of aryl methyl sites for hydroxylation is 1. The minimum atomic E-state index is -1.82. The molecule has 6 nitrogen and oxygen atoms in total. The maximum atomic E-state index is 9.71. The molecule has 0 radical (unpaired) electrons. The van der Waals surface area contributed by atoms with Gasteiger partial charge in [0.15, 0.2) is 0 Å². The summed E-state index contributed by atoms with van der Waals surface area (Å²) in [7, 11) is 0. The zero-order chi connectivity index (χ0) is 15.3. The maximum Gasteiger partial charge on any atom is 0.139 e. The molecule has 1 aromatic carbocycles. The summed E-state index contributed by atoms with van der Waals surface area (Å²) in [5.41, 5.74) is 1.64. The third-order valence-electron chi connectivity index (χ3n) is 2.95. The van der Waals surface area contributed by atoms with Gasteiger partial charge >= 0.3 is 0 Å². The Morgan fingerprint density at radius 1 is 1.05 bits per heavy atom. The number of hydrogen-bond acceptors (Lipinski definition) is 6. The van der Waals surface area contributed by atoms with Crippen molar-refractivity contribution in [2.24, 2.45) is 0 Å². The Labute approximate surface area is 116 Å². The number of benzene rings is 1. The van der Waals surface area contributed by atoms with Crippen molar-refractivity contribution >= 4 is 6.08 Å². The molecule has 0 spiro atoms. The van der Waals surface area contributed by atoms with E-state index in [1.54, 1.807) is 12.1 Å². The van der Waals surface area contributed by atoms with Gasteiger partial charge in [0.2, 0.25) is 0 Å². The van der Waals surface area contributed by atoms with Crippen molar-refractivity contribution in [1.82, 2.24) is 0 Å². The van der Waals surface area contributed by atoms with E-state index in [2.05, 4.69) is 0 Å². The third kappa shape index (κ3) is 4.29. The maximum absolute atomic E-state index is 9.71. The van der Waals surface area contributed by atoms with E-state index in [4.69, 9.17) is 5.11 Å². The fourth-order valence-electron chi connectivity index (χ4n) is 1.62. The van der Waals surface area contributed by atoms with Crippen LogP contribution in [0.25, 0.3) is 6.08 Å². The Kier molecular flexibility index (Phi) is 6.12. The van der Waals surface area contributed by atoms with E-state index in [1.165, 1.54) is 6.08 Å². The Bertz CT molecular complexity index is 441. The van der Waals surface area contributed by atoms with Crippen molar-refractivity contribution in [1.29, 1.82) is 0 Å². The highest BCUT2D eigenvalue weighted by Crippen LogP contribution is 2.14. The predicted octanol–water partition coefficient (Wildman–Crippen LogP) is -0.670. The summed E-state index contributed by atoms with van der Waals surface area (Å²) >= 11 is 0. The molecule has 112 valence electrons. The molecule has 0 aliphatic heterocycles. The van der Waals surface area contributed by atoms with Gasteiger partial charge in [-0.05, 0) is 18.6 Å². The lowest BCUT2D eigenvalue weighted by Crippen LogP contribution is -2.46. The molecule has 0 heterocycles. The number of hydrogen-bond donors (Lipinski definition) is 6. The standard InChI is InChI=1S/C14H20O6/c1-8-2-4-9(5-3-8)6-10(16)12(18)14(20)13(19)11(17)7-15/h2-6,11-20H,7H2,1H3. The van der Waals surface area contributed by atoms with Crippen LogP contribution in [0.1, 0.15) is 11.1 Å². The lowest BCUT2D eigenvalue weighted by molar-refractivity contribution is -0.112. The summed E-state index contributed by atoms with van der Waals surface area (Å²) in [6.07, 6.45) is -5.73. The molecule has 0 saturated carbocycles. The van der Waals surface area contributed by atoms with E-state index in [0.717, 1.165) is 5.56 Å². The first-order valence-electron chi connectivity index (χ1n) is 6.17. The van der Waals surface area contributed by atoms with Crippen LogP contribution in [0.2, 0.25) is 0 Å². The van der Waals surface area contributed by atoms with Crippen LogP contribution >= 0.6 is 0 Å². The van der Waals surface area contributed by atoms with Crippen LogP contribution in [0.4, 0.5) is 0 Å². The van der Waals surface area contributed by atoms with Gasteiger partial charge in [0.25, 0.3) is 0 Å². The normalized spacial score (nSPS) is 18.4. The van der Waals surface area contributed by atoms with Gasteiger partial charge in [-0.15, -0.1) is 0 Å². The van der Waals surface area contributed by atoms with E-state index in [9.17, 15) is 25.5 Å². The van der Waals surface area contributed by atoms with E-state index < -0.39 is 36.8 Å². The Balaban J connectivity index is 2.79. The van der Waals surface area contributed by atoms with Crippen molar-refractivity contribution in [3.05, 3.63) is 41.2 Å². The molecule has 1 rings (SSSR count). The van der Waals surface area contributed by atoms with Crippen LogP contribution < -0.4 is 0 Å². The van der Waals surface area contributed by atoms with Gasteiger partial charge < -0.3 is 30.6 Å². The molecule has 0 aliphatic rings. The van der Waals surface area contributed by atoms with Crippen molar-refractivity contribution in [3.63, 3.8) is 0 Å². The van der Waals surface area contributed by atoms with Gasteiger partial charge in [-0.3, -0.25) is 0 Å². The van der Waals surface area contributed by atoms with Crippen LogP contribution in [0.15, 0.2) is 30.0 Å². The van der Waals surface area contributed by atoms with E-state index in [1.807, 2.05) is 19.1 Å². The van der Waals surface area contributed by atoms with E-state index >= 15 is 0 Å². The average Bonchev–Trinajstić information content (AvgIpc) is 2.46. The quantitative estimate of drug-likeness (QED) is 0.385.